The Morgan fingerprint density at radius 3 is 2.63 bits per heavy atom. The predicted molar refractivity (Wildman–Crippen MR) is 82.6 cm³/mol. The van der Waals surface area contributed by atoms with Gasteiger partial charge in [0.2, 0.25) is 0 Å². The maximum Gasteiger partial charge on any atom is 0.122 e. The molecule has 19 heavy (non-hydrogen) atoms. The summed E-state index contributed by atoms with van der Waals surface area (Å²) in [6, 6.07) is 15.4. The van der Waals surface area contributed by atoms with Crippen LogP contribution in [0.25, 0.3) is 10.1 Å². The number of ether oxygens (including phenoxy) is 1. The van der Waals surface area contributed by atoms with Crippen LogP contribution in [0.1, 0.15) is 4.88 Å². The first-order valence-electron chi connectivity index (χ1n) is 5.77. The second-order valence-electron chi connectivity index (χ2n) is 4.14. The van der Waals surface area contributed by atoms with Crippen LogP contribution in [-0.4, -0.2) is 0 Å². The van der Waals surface area contributed by atoms with E-state index in [1.54, 1.807) is 11.3 Å². The molecule has 0 aliphatic carbocycles. The molecule has 0 N–H and O–H groups in total. The first-order valence-corrected chi connectivity index (χ1v) is 7.34. The van der Waals surface area contributed by atoms with Gasteiger partial charge in [0, 0.05) is 19.6 Å². The molecule has 1 aromatic heterocycles. The molecule has 0 saturated heterocycles. The molecule has 0 amide bonds. The fourth-order valence-corrected chi connectivity index (χ4v) is 3.28. The molecular formula is C15H10Cl2OS. The molecule has 0 unspecified atom stereocenters. The summed E-state index contributed by atoms with van der Waals surface area (Å²) in [7, 11) is 0. The Kier molecular flexibility index (Phi) is 3.65. The van der Waals surface area contributed by atoms with Crippen LogP contribution < -0.4 is 4.74 Å². The van der Waals surface area contributed by atoms with E-state index in [0.717, 1.165) is 15.6 Å². The number of rotatable bonds is 3. The van der Waals surface area contributed by atoms with Crippen LogP contribution in [0, 0.1) is 0 Å². The van der Waals surface area contributed by atoms with Gasteiger partial charge in [0.05, 0.1) is 0 Å². The van der Waals surface area contributed by atoms with Gasteiger partial charge in [-0.2, -0.15) is 0 Å². The van der Waals surface area contributed by atoms with E-state index in [0.29, 0.717) is 11.6 Å². The maximum atomic E-state index is 5.98. The lowest BCUT2D eigenvalue weighted by Crippen LogP contribution is -1.92. The van der Waals surface area contributed by atoms with Crippen LogP contribution in [0.3, 0.4) is 0 Å². The van der Waals surface area contributed by atoms with Crippen molar-refractivity contribution in [2.75, 3.05) is 0 Å². The quantitative estimate of drug-likeness (QED) is 0.595. The molecule has 0 aliphatic heterocycles. The minimum Gasteiger partial charge on any atom is -0.488 e. The van der Waals surface area contributed by atoms with Gasteiger partial charge in [-0.25, -0.2) is 0 Å². The highest BCUT2D eigenvalue weighted by molar-refractivity contribution is 7.19. The minimum absolute atomic E-state index is 0.539. The fraction of sp³-hybridized carbons (Fsp3) is 0.0667. The Bertz CT molecular complexity index is 721. The molecule has 1 nitrogen and oxygen atoms in total. The van der Waals surface area contributed by atoms with Crippen LogP contribution in [0.2, 0.25) is 10.0 Å². The second kappa shape index (κ2) is 5.41. The van der Waals surface area contributed by atoms with E-state index >= 15 is 0 Å². The Balaban J connectivity index is 1.78. The van der Waals surface area contributed by atoms with Gasteiger partial charge in [-0.3, -0.25) is 0 Å². The summed E-state index contributed by atoms with van der Waals surface area (Å²) in [5.74, 6) is 0.781. The summed E-state index contributed by atoms with van der Waals surface area (Å²) in [4.78, 5) is 1.16. The van der Waals surface area contributed by atoms with Crippen molar-refractivity contribution in [3.05, 3.63) is 63.5 Å². The summed E-state index contributed by atoms with van der Waals surface area (Å²) in [5, 5.41) is 2.64. The molecule has 0 spiro atoms. The number of halogens is 2. The normalized spacial score (nSPS) is 10.8. The molecule has 0 fully saturated rings. The van der Waals surface area contributed by atoms with Crippen LogP contribution in [0.15, 0.2) is 48.5 Å². The lowest BCUT2D eigenvalue weighted by molar-refractivity contribution is 0.310. The van der Waals surface area contributed by atoms with Crippen LogP contribution >= 0.6 is 34.5 Å². The fourth-order valence-electron chi connectivity index (χ4n) is 1.84. The lowest BCUT2D eigenvalue weighted by Gasteiger charge is -2.04. The topological polar surface area (TPSA) is 9.23 Å². The zero-order valence-electron chi connectivity index (χ0n) is 9.90. The largest absolute Gasteiger partial charge is 0.488 e. The minimum atomic E-state index is 0.539. The first-order chi connectivity index (χ1) is 9.20. The van der Waals surface area contributed by atoms with Gasteiger partial charge in [-0.15, -0.1) is 11.3 Å². The highest BCUT2D eigenvalue weighted by atomic mass is 35.5. The highest BCUT2D eigenvalue weighted by Crippen LogP contribution is 2.29. The van der Waals surface area contributed by atoms with Crippen molar-refractivity contribution in [3.63, 3.8) is 0 Å². The van der Waals surface area contributed by atoms with Crippen molar-refractivity contribution in [1.29, 1.82) is 0 Å². The van der Waals surface area contributed by atoms with Gasteiger partial charge in [0.25, 0.3) is 0 Å². The SMILES string of the molecule is Clc1cccc(OCc2cc3ccc(Cl)cc3s2)c1. The number of fused-ring (bicyclic) bond motifs is 1. The van der Waals surface area contributed by atoms with E-state index in [4.69, 9.17) is 27.9 Å². The Morgan fingerprint density at radius 2 is 1.79 bits per heavy atom. The van der Waals surface area contributed by atoms with Crippen LogP contribution in [-0.2, 0) is 6.61 Å². The number of hydrogen-bond donors (Lipinski definition) is 0. The third kappa shape index (κ3) is 3.03. The maximum absolute atomic E-state index is 5.98. The molecule has 0 bridgehead atoms. The van der Waals surface area contributed by atoms with E-state index in [1.807, 2.05) is 42.5 Å². The molecule has 4 heteroatoms. The van der Waals surface area contributed by atoms with Crippen molar-refractivity contribution in [1.82, 2.24) is 0 Å². The molecule has 1 heterocycles. The van der Waals surface area contributed by atoms with Gasteiger partial charge in [-0.1, -0.05) is 35.3 Å². The monoisotopic (exact) mass is 308 g/mol. The van der Waals surface area contributed by atoms with E-state index in [1.165, 1.54) is 10.1 Å². The molecule has 0 saturated carbocycles. The smallest absolute Gasteiger partial charge is 0.122 e. The van der Waals surface area contributed by atoms with Crippen LogP contribution in [0.4, 0.5) is 0 Å². The van der Waals surface area contributed by atoms with Gasteiger partial charge < -0.3 is 4.74 Å². The van der Waals surface area contributed by atoms with Crippen molar-refractivity contribution >= 4 is 44.6 Å². The second-order valence-corrected chi connectivity index (χ2v) is 6.18. The molecule has 0 aliphatic rings. The van der Waals surface area contributed by atoms with Gasteiger partial charge >= 0.3 is 0 Å². The molecule has 3 aromatic rings. The lowest BCUT2D eigenvalue weighted by atomic mass is 10.2. The Labute approximate surface area is 125 Å². The van der Waals surface area contributed by atoms with E-state index in [9.17, 15) is 0 Å². The molecule has 0 radical (unpaired) electrons. The summed E-state index contributed by atoms with van der Waals surface area (Å²) < 4.78 is 6.90. The Morgan fingerprint density at radius 1 is 0.947 bits per heavy atom. The van der Waals surface area contributed by atoms with Crippen molar-refractivity contribution in [2.24, 2.45) is 0 Å². The van der Waals surface area contributed by atoms with Gasteiger partial charge in [0.1, 0.15) is 12.4 Å². The number of thiophene rings is 1. The van der Waals surface area contributed by atoms with Crippen molar-refractivity contribution in [3.8, 4) is 5.75 Å². The first kappa shape index (κ1) is 12.8. The van der Waals surface area contributed by atoms with E-state index in [-0.39, 0.29) is 0 Å². The highest BCUT2D eigenvalue weighted by Gasteiger charge is 2.03. The summed E-state index contributed by atoms with van der Waals surface area (Å²) in [6.07, 6.45) is 0. The predicted octanol–water partition coefficient (Wildman–Crippen LogP) is 5.79. The van der Waals surface area contributed by atoms with Gasteiger partial charge in [0.15, 0.2) is 0 Å². The summed E-state index contributed by atoms with van der Waals surface area (Å²) in [6.45, 7) is 0.539. The van der Waals surface area contributed by atoms with Crippen LogP contribution in [0.5, 0.6) is 5.75 Å². The standard InChI is InChI=1S/C15H10Cl2OS/c16-11-2-1-3-13(7-11)18-9-14-6-10-4-5-12(17)8-15(10)19-14/h1-8H,9H2. The average molecular weight is 309 g/mol. The molecule has 96 valence electrons. The van der Waals surface area contributed by atoms with E-state index in [2.05, 4.69) is 6.07 Å². The third-order valence-corrected chi connectivity index (χ3v) is 4.25. The zero-order chi connectivity index (χ0) is 13.2. The third-order valence-electron chi connectivity index (χ3n) is 2.71. The molecule has 0 atom stereocenters. The Hall–Kier alpha value is -1.22. The summed E-state index contributed by atoms with van der Waals surface area (Å²) in [5.41, 5.74) is 0. The van der Waals surface area contributed by atoms with Crippen molar-refractivity contribution < 1.29 is 4.74 Å². The van der Waals surface area contributed by atoms with E-state index < -0.39 is 0 Å². The number of benzene rings is 2. The molecule has 2 aromatic carbocycles. The molecular weight excluding hydrogens is 299 g/mol. The average Bonchev–Trinajstić information content (AvgIpc) is 2.78. The van der Waals surface area contributed by atoms with Crippen molar-refractivity contribution in [2.45, 2.75) is 6.61 Å². The summed E-state index contributed by atoms with van der Waals surface area (Å²) >= 11 is 13.6. The zero-order valence-corrected chi connectivity index (χ0v) is 12.2. The van der Waals surface area contributed by atoms with Gasteiger partial charge in [-0.05, 0) is 41.8 Å². The number of hydrogen-bond acceptors (Lipinski definition) is 2. The molecule has 3 rings (SSSR count).